The number of hydrogen-bond donors (Lipinski definition) is 1. The van der Waals surface area contributed by atoms with Gasteiger partial charge in [0.05, 0.1) is 13.2 Å². The third kappa shape index (κ3) is 6.49. The largest absolute Gasteiger partial charge is 0.489 e. The van der Waals surface area contributed by atoms with Crippen LogP contribution in [0.15, 0.2) is 78.9 Å². The minimum atomic E-state index is -0.161. The first-order valence-corrected chi connectivity index (χ1v) is 10.8. The van der Waals surface area contributed by atoms with Crippen molar-refractivity contribution in [1.82, 2.24) is 5.32 Å². The van der Waals surface area contributed by atoms with Crippen LogP contribution in [0, 0.1) is 0 Å². The molecular weight excluding hydrogens is 404 g/mol. The predicted octanol–water partition coefficient (Wildman–Crippen LogP) is 3.80. The molecule has 1 aliphatic heterocycles. The van der Waals surface area contributed by atoms with Gasteiger partial charge in [0.1, 0.15) is 18.1 Å². The van der Waals surface area contributed by atoms with Gasteiger partial charge in [-0.2, -0.15) is 0 Å². The van der Waals surface area contributed by atoms with Crippen LogP contribution in [-0.2, 0) is 22.7 Å². The van der Waals surface area contributed by atoms with Gasteiger partial charge in [0.2, 0.25) is 0 Å². The van der Waals surface area contributed by atoms with E-state index in [9.17, 15) is 4.79 Å². The molecule has 0 bridgehead atoms. The molecule has 1 heterocycles. The average molecular weight is 433 g/mol. The molecule has 0 radical (unpaired) electrons. The quantitative estimate of drug-likeness (QED) is 0.557. The molecule has 0 aliphatic carbocycles. The van der Waals surface area contributed by atoms with Crippen LogP contribution in [0.3, 0.4) is 0 Å². The Labute approximate surface area is 188 Å². The zero-order chi connectivity index (χ0) is 22.0. The molecule has 1 aliphatic rings. The fourth-order valence-electron chi connectivity index (χ4n) is 3.42. The molecular formula is C26H28N2O4. The van der Waals surface area contributed by atoms with Crippen molar-refractivity contribution in [3.05, 3.63) is 90.0 Å². The molecule has 1 N–H and O–H groups in total. The summed E-state index contributed by atoms with van der Waals surface area (Å²) in [7, 11) is 0. The van der Waals surface area contributed by atoms with Gasteiger partial charge in [0.15, 0.2) is 6.61 Å². The smallest absolute Gasteiger partial charge is 0.258 e. The first-order valence-electron chi connectivity index (χ1n) is 10.8. The van der Waals surface area contributed by atoms with Crippen LogP contribution >= 0.6 is 0 Å². The molecule has 0 aromatic heterocycles. The Morgan fingerprint density at radius 3 is 2.16 bits per heavy atom. The number of nitrogens with one attached hydrogen (secondary N) is 1. The molecule has 0 spiro atoms. The van der Waals surface area contributed by atoms with Crippen molar-refractivity contribution in [3.63, 3.8) is 0 Å². The molecule has 0 saturated carbocycles. The van der Waals surface area contributed by atoms with Crippen LogP contribution in [0.2, 0.25) is 0 Å². The maximum Gasteiger partial charge on any atom is 0.258 e. The fraction of sp³-hybridized carbons (Fsp3) is 0.269. The van der Waals surface area contributed by atoms with Crippen LogP contribution in [0.25, 0.3) is 0 Å². The minimum absolute atomic E-state index is 0.0317. The Balaban J connectivity index is 1.17. The van der Waals surface area contributed by atoms with E-state index in [-0.39, 0.29) is 12.5 Å². The first-order chi connectivity index (χ1) is 15.8. The number of ether oxygens (including phenoxy) is 3. The lowest BCUT2D eigenvalue weighted by molar-refractivity contribution is -0.123. The van der Waals surface area contributed by atoms with E-state index in [1.807, 2.05) is 54.6 Å². The van der Waals surface area contributed by atoms with E-state index in [1.54, 1.807) is 12.1 Å². The van der Waals surface area contributed by atoms with Crippen molar-refractivity contribution in [2.24, 2.45) is 0 Å². The lowest BCUT2D eigenvalue weighted by Gasteiger charge is -2.28. The Hall–Kier alpha value is -3.51. The summed E-state index contributed by atoms with van der Waals surface area (Å²) >= 11 is 0. The average Bonchev–Trinajstić information content (AvgIpc) is 2.87. The van der Waals surface area contributed by atoms with Gasteiger partial charge in [0, 0.05) is 25.3 Å². The second kappa shape index (κ2) is 11.2. The zero-order valence-electron chi connectivity index (χ0n) is 18.0. The van der Waals surface area contributed by atoms with Crippen LogP contribution in [-0.4, -0.2) is 38.8 Å². The van der Waals surface area contributed by atoms with Crippen LogP contribution < -0.4 is 19.7 Å². The van der Waals surface area contributed by atoms with Crippen molar-refractivity contribution in [1.29, 1.82) is 0 Å². The summed E-state index contributed by atoms with van der Waals surface area (Å²) in [6.07, 6.45) is 0. The summed E-state index contributed by atoms with van der Waals surface area (Å²) in [6, 6.07) is 25.5. The standard InChI is InChI=1S/C26H28N2O4/c29-26(27-18-21-6-8-23(9-7-21)28-14-16-30-17-15-28)20-32-25-12-10-24(11-13-25)31-19-22-4-2-1-3-5-22/h1-13H,14-20H2,(H,27,29). The number of nitrogens with zero attached hydrogens (tertiary/aromatic N) is 1. The van der Waals surface area contributed by atoms with Gasteiger partial charge in [-0.1, -0.05) is 42.5 Å². The normalized spacial score (nSPS) is 13.4. The van der Waals surface area contributed by atoms with Gasteiger partial charge >= 0.3 is 0 Å². The Morgan fingerprint density at radius 2 is 1.47 bits per heavy atom. The molecule has 4 rings (SSSR count). The number of benzene rings is 3. The lowest BCUT2D eigenvalue weighted by Crippen LogP contribution is -2.36. The molecule has 1 amide bonds. The van der Waals surface area contributed by atoms with Gasteiger partial charge in [-0.05, 0) is 47.5 Å². The number of carbonyl (C=O) groups is 1. The van der Waals surface area contributed by atoms with Crippen molar-refractivity contribution >= 4 is 11.6 Å². The van der Waals surface area contributed by atoms with E-state index < -0.39 is 0 Å². The number of rotatable bonds is 9. The maximum absolute atomic E-state index is 12.1. The summed E-state index contributed by atoms with van der Waals surface area (Å²) in [5.41, 5.74) is 3.35. The highest BCUT2D eigenvalue weighted by Crippen LogP contribution is 2.19. The van der Waals surface area contributed by atoms with Gasteiger partial charge in [0.25, 0.3) is 5.91 Å². The third-order valence-electron chi connectivity index (χ3n) is 5.24. The number of anilines is 1. The highest BCUT2D eigenvalue weighted by molar-refractivity contribution is 5.77. The van der Waals surface area contributed by atoms with E-state index in [2.05, 4.69) is 22.3 Å². The zero-order valence-corrected chi connectivity index (χ0v) is 18.0. The number of amides is 1. The molecule has 3 aromatic carbocycles. The monoisotopic (exact) mass is 432 g/mol. The van der Waals surface area contributed by atoms with Crippen LogP contribution in [0.5, 0.6) is 11.5 Å². The number of morpholine rings is 1. The van der Waals surface area contributed by atoms with Gasteiger partial charge < -0.3 is 24.4 Å². The molecule has 166 valence electrons. The second-order valence-corrected chi connectivity index (χ2v) is 7.58. The molecule has 6 heteroatoms. The second-order valence-electron chi connectivity index (χ2n) is 7.58. The highest BCUT2D eigenvalue weighted by atomic mass is 16.5. The van der Waals surface area contributed by atoms with Gasteiger partial charge in [-0.15, -0.1) is 0 Å². The van der Waals surface area contributed by atoms with E-state index in [0.29, 0.717) is 18.9 Å². The number of hydrogen-bond acceptors (Lipinski definition) is 5. The van der Waals surface area contributed by atoms with Gasteiger partial charge in [-0.25, -0.2) is 0 Å². The summed E-state index contributed by atoms with van der Waals surface area (Å²) in [6.45, 7) is 4.30. The first kappa shape index (κ1) is 21.7. The summed E-state index contributed by atoms with van der Waals surface area (Å²) < 4.78 is 16.7. The summed E-state index contributed by atoms with van der Waals surface area (Å²) in [4.78, 5) is 14.5. The Bertz CT molecular complexity index is 969. The maximum atomic E-state index is 12.1. The number of carbonyl (C=O) groups excluding carboxylic acids is 1. The topological polar surface area (TPSA) is 60.0 Å². The molecule has 1 fully saturated rings. The summed E-state index contributed by atoms with van der Waals surface area (Å²) in [5.74, 6) is 1.22. The van der Waals surface area contributed by atoms with Crippen molar-refractivity contribution in [2.75, 3.05) is 37.8 Å². The Kier molecular flexibility index (Phi) is 7.60. The van der Waals surface area contributed by atoms with Crippen molar-refractivity contribution in [2.45, 2.75) is 13.2 Å². The predicted molar refractivity (Wildman–Crippen MR) is 124 cm³/mol. The van der Waals surface area contributed by atoms with Crippen LogP contribution in [0.1, 0.15) is 11.1 Å². The Morgan fingerprint density at radius 1 is 0.812 bits per heavy atom. The molecule has 0 unspecified atom stereocenters. The van der Waals surface area contributed by atoms with Crippen molar-refractivity contribution in [3.8, 4) is 11.5 Å². The molecule has 0 atom stereocenters. The fourth-order valence-corrected chi connectivity index (χ4v) is 3.42. The minimum Gasteiger partial charge on any atom is -0.489 e. The highest BCUT2D eigenvalue weighted by Gasteiger charge is 2.11. The third-order valence-corrected chi connectivity index (χ3v) is 5.24. The molecule has 32 heavy (non-hydrogen) atoms. The molecule has 3 aromatic rings. The van der Waals surface area contributed by atoms with E-state index >= 15 is 0 Å². The SMILES string of the molecule is O=C(COc1ccc(OCc2ccccc2)cc1)NCc1ccc(N2CCOCC2)cc1. The van der Waals surface area contributed by atoms with E-state index in [4.69, 9.17) is 14.2 Å². The summed E-state index contributed by atoms with van der Waals surface area (Å²) in [5, 5.41) is 2.90. The lowest BCUT2D eigenvalue weighted by atomic mass is 10.2. The van der Waals surface area contributed by atoms with Crippen LogP contribution in [0.4, 0.5) is 5.69 Å². The molecule has 6 nitrogen and oxygen atoms in total. The van der Waals surface area contributed by atoms with Crippen molar-refractivity contribution < 1.29 is 19.0 Å². The van der Waals surface area contributed by atoms with Gasteiger partial charge in [-0.3, -0.25) is 4.79 Å². The van der Waals surface area contributed by atoms with E-state index in [1.165, 1.54) is 5.69 Å². The molecule has 1 saturated heterocycles. The van der Waals surface area contributed by atoms with E-state index in [0.717, 1.165) is 43.2 Å².